The van der Waals surface area contributed by atoms with Crippen LogP contribution < -0.4 is 10.1 Å². The van der Waals surface area contributed by atoms with Gasteiger partial charge in [0.25, 0.3) is 0 Å². The molecule has 0 radical (unpaired) electrons. The van der Waals surface area contributed by atoms with Crippen LogP contribution in [0.5, 0.6) is 5.75 Å². The molecular weight excluding hydrogens is 300 g/mol. The topological polar surface area (TPSA) is 41.6 Å². The molecule has 4 nitrogen and oxygen atoms in total. The molecule has 1 aliphatic heterocycles. The van der Waals surface area contributed by atoms with Gasteiger partial charge in [0.05, 0.1) is 13.2 Å². The largest absolute Gasteiger partial charge is 0.497 e. The minimum Gasteiger partial charge on any atom is -0.497 e. The lowest BCUT2D eigenvalue weighted by atomic mass is 10.0. The molecule has 1 N–H and O–H groups in total. The van der Waals surface area contributed by atoms with E-state index in [2.05, 4.69) is 22.3 Å². The molecule has 3 rings (SSSR count). The number of amides is 1. The molecule has 4 heteroatoms. The molecule has 1 aromatic rings. The zero-order chi connectivity index (χ0) is 16.8. The van der Waals surface area contributed by atoms with Crippen LogP contribution >= 0.6 is 0 Å². The molecule has 2 aliphatic rings. The summed E-state index contributed by atoms with van der Waals surface area (Å²) >= 11 is 0. The number of hydrogen-bond acceptors (Lipinski definition) is 3. The summed E-state index contributed by atoms with van der Waals surface area (Å²) < 4.78 is 5.28. The second-order valence-electron chi connectivity index (χ2n) is 7.11. The molecule has 1 amide bonds. The van der Waals surface area contributed by atoms with Crippen molar-refractivity contribution in [3.63, 3.8) is 0 Å². The van der Waals surface area contributed by atoms with Crippen LogP contribution in [0.25, 0.3) is 0 Å². The van der Waals surface area contributed by atoms with E-state index in [-0.39, 0.29) is 17.9 Å². The fourth-order valence-electron chi connectivity index (χ4n) is 4.04. The Kier molecular flexibility index (Phi) is 6.13. The standard InChI is InChI=1S/C20H30N2O2/c1-24-18-11-9-16(10-12-18)19(22-13-5-2-6-14-22)15-21-20(23)17-7-3-4-8-17/h9-12,17,19H,2-8,13-15H2,1H3,(H,21,23)/t19-/m1/s1. The van der Waals surface area contributed by atoms with Gasteiger partial charge in [0.2, 0.25) is 5.91 Å². The third-order valence-corrected chi connectivity index (χ3v) is 5.53. The van der Waals surface area contributed by atoms with Crippen molar-refractivity contribution in [3.05, 3.63) is 29.8 Å². The molecular formula is C20H30N2O2. The number of piperidine rings is 1. The van der Waals surface area contributed by atoms with Crippen LogP contribution in [0.3, 0.4) is 0 Å². The molecule has 1 saturated carbocycles. The van der Waals surface area contributed by atoms with E-state index in [0.717, 1.165) is 31.7 Å². The van der Waals surface area contributed by atoms with Crippen molar-refractivity contribution in [3.8, 4) is 5.75 Å². The number of methoxy groups -OCH3 is 1. The van der Waals surface area contributed by atoms with Crippen LogP contribution in [0, 0.1) is 5.92 Å². The highest BCUT2D eigenvalue weighted by molar-refractivity contribution is 5.78. The van der Waals surface area contributed by atoms with Gasteiger partial charge in [0.15, 0.2) is 0 Å². The smallest absolute Gasteiger partial charge is 0.223 e. The summed E-state index contributed by atoms with van der Waals surface area (Å²) in [6, 6.07) is 8.58. The van der Waals surface area contributed by atoms with E-state index in [9.17, 15) is 4.79 Å². The van der Waals surface area contributed by atoms with Crippen LogP contribution in [0.1, 0.15) is 56.6 Å². The van der Waals surface area contributed by atoms with E-state index in [0.29, 0.717) is 6.54 Å². The summed E-state index contributed by atoms with van der Waals surface area (Å²) in [5.41, 5.74) is 1.27. The molecule has 0 aromatic heterocycles. The Morgan fingerprint density at radius 2 is 1.79 bits per heavy atom. The fourth-order valence-corrected chi connectivity index (χ4v) is 4.04. The van der Waals surface area contributed by atoms with Crippen molar-refractivity contribution in [2.75, 3.05) is 26.7 Å². The molecule has 0 unspecified atom stereocenters. The maximum atomic E-state index is 12.4. The first-order valence-electron chi connectivity index (χ1n) is 9.43. The van der Waals surface area contributed by atoms with E-state index in [1.54, 1.807) is 7.11 Å². The lowest BCUT2D eigenvalue weighted by Crippen LogP contribution is -2.41. The van der Waals surface area contributed by atoms with Crippen LogP contribution in [0.4, 0.5) is 0 Å². The van der Waals surface area contributed by atoms with Crippen molar-refractivity contribution in [2.45, 2.75) is 51.0 Å². The summed E-state index contributed by atoms with van der Waals surface area (Å²) in [6.45, 7) is 2.95. The maximum absolute atomic E-state index is 12.4. The Morgan fingerprint density at radius 1 is 1.12 bits per heavy atom. The highest BCUT2D eigenvalue weighted by Gasteiger charge is 2.26. The van der Waals surface area contributed by atoms with E-state index in [4.69, 9.17) is 4.74 Å². The Morgan fingerprint density at radius 3 is 2.42 bits per heavy atom. The number of hydrogen-bond donors (Lipinski definition) is 1. The van der Waals surface area contributed by atoms with Crippen LogP contribution in [0.2, 0.25) is 0 Å². The Balaban J connectivity index is 1.67. The first-order valence-corrected chi connectivity index (χ1v) is 9.43. The molecule has 0 bridgehead atoms. The van der Waals surface area contributed by atoms with Gasteiger partial charge in [-0.1, -0.05) is 31.4 Å². The molecule has 1 aromatic carbocycles. The molecule has 2 fully saturated rings. The predicted octanol–water partition coefficient (Wildman–Crippen LogP) is 3.53. The first kappa shape index (κ1) is 17.3. The quantitative estimate of drug-likeness (QED) is 0.867. The van der Waals surface area contributed by atoms with Gasteiger partial charge in [0, 0.05) is 12.5 Å². The zero-order valence-corrected chi connectivity index (χ0v) is 14.8. The first-order chi connectivity index (χ1) is 11.8. The summed E-state index contributed by atoms with van der Waals surface area (Å²) in [5.74, 6) is 1.37. The molecule has 0 spiro atoms. The summed E-state index contributed by atoms with van der Waals surface area (Å²) in [7, 11) is 1.69. The van der Waals surface area contributed by atoms with Crippen molar-refractivity contribution in [1.29, 1.82) is 0 Å². The molecule has 1 aliphatic carbocycles. The Bertz CT molecular complexity index is 517. The van der Waals surface area contributed by atoms with Gasteiger partial charge in [-0.25, -0.2) is 0 Å². The Hall–Kier alpha value is -1.55. The number of nitrogens with one attached hydrogen (secondary N) is 1. The third-order valence-electron chi connectivity index (χ3n) is 5.53. The van der Waals surface area contributed by atoms with Crippen molar-refractivity contribution in [1.82, 2.24) is 10.2 Å². The highest BCUT2D eigenvalue weighted by atomic mass is 16.5. The number of nitrogens with zero attached hydrogens (tertiary/aromatic N) is 1. The Labute approximate surface area is 145 Å². The van der Waals surface area contributed by atoms with Gasteiger partial charge in [-0.15, -0.1) is 0 Å². The summed E-state index contributed by atoms with van der Waals surface area (Å²) in [5, 5.41) is 3.24. The molecule has 24 heavy (non-hydrogen) atoms. The third kappa shape index (κ3) is 4.29. The average molecular weight is 330 g/mol. The second-order valence-corrected chi connectivity index (χ2v) is 7.11. The van der Waals surface area contributed by atoms with Crippen LogP contribution in [-0.2, 0) is 4.79 Å². The predicted molar refractivity (Wildman–Crippen MR) is 96.1 cm³/mol. The number of carbonyl (C=O) groups excluding carboxylic acids is 1. The SMILES string of the molecule is COc1ccc([C@@H](CNC(=O)C2CCCC2)N2CCCCC2)cc1. The van der Waals surface area contributed by atoms with Gasteiger partial charge >= 0.3 is 0 Å². The van der Waals surface area contributed by atoms with Crippen molar-refractivity contribution in [2.24, 2.45) is 5.92 Å². The van der Waals surface area contributed by atoms with Gasteiger partial charge in [-0.3, -0.25) is 9.69 Å². The second kappa shape index (κ2) is 8.52. The zero-order valence-electron chi connectivity index (χ0n) is 14.8. The van der Waals surface area contributed by atoms with E-state index in [1.165, 1.54) is 37.7 Å². The minimum atomic E-state index is 0.239. The number of benzene rings is 1. The van der Waals surface area contributed by atoms with Gasteiger partial charge in [-0.05, 0) is 56.5 Å². The molecule has 1 saturated heterocycles. The number of rotatable bonds is 6. The van der Waals surface area contributed by atoms with Crippen molar-refractivity contribution < 1.29 is 9.53 Å². The molecule has 1 atom stereocenters. The number of carbonyl (C=O) groups is 1. The summed E-state index contributed by atoms with van der Waals surface area (Å²) in [4.78, 5) is 14.9. The van der Waals surface area contributed by atoms with E-state index in [1.807, 2.05) is 12.1 Å². The molecule has 132 valence electrons. The maximum Gasteiger partial charge on any atom is 0.223 e. The van der Waals surface area contributed by atoms with Gasteiger partial charge in [-0.2, -0.15) is 0 Å². The lowest BCUT2D eigenvalue weighted by Gasteiger charge is -2.35. The van der Waals surface area contributed by atoms with Crippen molar-refractivity contribution >= 4 is 5.91 Å². The normalized spacial score (nSPS) is 20.7. The average Bonchev–Trinajstić information content (AvgIpc) is 3.18. The molecule has 1 heterocycles. The monoisotopic (exact) mass is 330 g/mol. The summed E-state index contributed by atoms with van der Waals surface area (Å²) in [6.07, 6.45) is 8.34. The number of ether oxygens (including phenoxy) is 1. The fraction of sp³-hybridized carbons (Fsp3) is 0.650. The van der Waals surface area contributed by atoms with Gasteiger partial charge in [0.1, 0.15) is 5.75 Å². The number of likely N-dealkylation sites (tertiary alicyclic amines) is 1. The van der Waals surface area contributed by atoms with E-state index < -0.39 is 0 Å². The highest BCUT2D eigenvalue weighted by Crippen LogP contribution is 2.27. The van der Waals surface area contributed by atoms with E-state index >= 15 is 0 Å². The van der Waals surface area contributed by atoms with Crippen LogP contribution in [0.15, 0.2) is 24.3 Å². The minimum absolute atomic E-state index is 0.239. The van der Waals surface area contributed by atoms with Crippen LogP contribution in [-0.4, -0.2) is 37.6 Å². The lowest BCUT2D eigenvalue weighted by molar-refractivity contribution is -0.125. The van der Waals surface area contributed by atoms with Gasteiger partial charge < -0.3 is 10.1 Å².